The summed E-state index contributed by atoms with van der Waals surface area (Å²) in [6, 6.07) is 8.69. The molecule has 1 aliphatic carbocycles. The molecule has 3 N–H and O–H groups in total. The number of thiophene rings is 1. The number of carbonyl (C=O) groups excluding carboxylic acids is 1. The fourth-order valence-electron chi connectivity index (χ4n) is 4.05. The van der Waals surface area contributed by atoms with Gasteiger partial charge >= 0.3 is 0 Å². The Morgan fingerprint density at radius 2 is 2.00 bits per heavy atom. The summed E-state index contributed by atoms with van der Waals surface area (Å²) in [5, 5.41) is 9.60. The van der Waals surface area contributed by atoms with Crippen molar-refractivity contribution in [3.63, 3.8) is 0 Å². The van der Waals surface area contributed by atoms with E-state index in [0.717, 1.165) is 54.3 Å². The third kappa shape index (κ3) is 4.36. The zero-order valence-corrected chi connectivity index (χ0v) is 18.6. The van der Waals surface area contributed by atoms with Crippen LogP contribution >= 0.6 is 11.3 Å². The van der Waals surface area contributed by atoms with Gasteiger partial charge < -0.3 is 20.9 Å². The fourth-order valence-corrected chi connectivity index (χ4v) is 5.11. The molecule has 3 aromatic rings. The SMILES string of the molecule is CNc1c(C(=O)NCCc2ccc(N3CCNCC3)cc2)sc2nc(C3CC3)cnc12. The third-order valence-corrected chi connectivity index (χ3v) is 7.06. The monoisotopic (exact) mass is 436 g/mol. The maximum atomic E-state index is 12.9. The number of carbonyl (C=O) groups is 1. The molecule has 0 atom stereocenters. The van der Waals surface area contributed by atoms with Crippen molar-refractivity contribution in [3.05, 3.63) is 46.6 Å². The summed E-state index contributed by atoms with van der Waals surface area (Å²) in [6.45, 7) is 4.76. The molecule has 0 spiro atoms. The van der Waals surface area contributed by atoms with Gasteiger partial charge in [-0.15, -0.1) is 11.3 Å². The van der Waals surface area contributed by atoms with Crippen LogP contribution in [0, 0.1) is 0 Å². The van der Waals surface area contributed by atoms with Gasteiger partial charge in [-0.25, -0.2) is 9.97 Å². The van der Waals surface area contributed by atoms with Gasteiger partial charge in [-0.1, -0.05) is 12.1 Å². The Morgan fingerprint density at radius 1 is 1.23 bits per heavy atom. The first kappa shape index (κ1) is 20.2. The topological polar surface area (TPSA) is 82.2 Å². The maximum Gasteiger partial charge on any atom is 0.263 e. The molecule has 0 unspecified atom stereocenters. The lowest BCUT2D eigenvalue weighted by Crippen LogP contribution is -2.43. The molecule has 3 heterocycles. The molecule has 1 saturated heterocycles. The third-order valence-electron chi connectivity index (χ3n) is 5.99. The van der Waals surface area contributed by atoms with Crippen molar-refractivity contribution in [2.24, 2.45) is 0 Å². The molecule has 2 fully saturated rings. The van der Waals surface area contributed by atoms with Gasteiger partial charge in [0.2, 0.25) is 0 Å². The number of anilines is 2. The first-order chi connectivity index (χ1) is 15.2. The molecular formula is C23H28N6OS. The molecule has 0 bridgehead atoms. The molecule has 1 aliphatic heterocycles. The summed E-state index contributed by atoms with van der Waals surface area (Å²) < 4.78 is 0. The molecule has 1 amide bonds. The number of hydrogen-bond donors (Lipinski definition) is 3. The van der Waals surface area contributed by atoms with E-state index in [1.165, 1.54) is 35.4 Å². The summed E-state index contributed by atoms with van der Waals surface area (Å²) in [6.07, 6.45) is 5.04. The minimum absolute atomic E-state index is 0.0699. The van der Waals surface area contributed by atoms with Crippen molar-refractivity contribution in [2.45, 2.75) is 25.2 Å². The van der Waals surface area contributed by atoms with E-state index in [1.54, 1.807) is 0 Å². The van der Waals surface area contributed by atoms with Gasteiger partial charge in [0.15, 0.2) is 0 Å². The Kier molecular flexibility index (Phi) is 5.74. The lowest BCUT2D eigenvalue weighted by Gasteiger charge is -2.29. The number of fused-ring (bicyclic) bond motifs is 1. The Labute approximate surface area is 186 Å². The highest BCUT2D eigenvalue weighted by Gasteiger charge is 2.27. The molecule has 5 rings (SSSR count). The van der Waals surface area contributed by atoms with Crippen LogP contribution in [-0.2, 0) is 6.42 Å². The number of amides is 1. The summed E-state index contributed by atoms with van der Waals surface area (Å²) in [5.41, 5.74) is 5.09. The van der Waals surface area contributed by atoms with Gasteiger partial charge in [0.05, 0.1) is 11.4 Å². The highest BCUT2D eigenvalue weighted by Crippen LogP contribution is 2.41. The second kappa shape index (κ2) is 8.80. The lowest BCUT2D eigenvalue weighted by atomic mass is 10.1. The maximum absolute atomic E-state index is 12.9. The molecule has 1 saturated carbocycles. The van der Waals surface area contributed by atoms with Crippen LogP contribution in [0.1, 0.15) is 39.7 Å². The van der Waals surface area contributed by atoms with E-state index >= 15 is 0 Å². The number of rotatable bonds is 7. The van der Waals surface area contributed by atoms with Crippen LogP contribution in [0.3, 0.4) is 0 Å². The van der Waals surface area contributed by atoms with Crippen molar-refractivity contribution in [1.82, 2.24) is 20.6 Å². The molecule has 162 valence electrons. The van der Waals surface area contributed by atoms with E-state index < -0.39 is 0 Å². The first-order valence-corrected chi connectivity index (χ1v) is 11.8. The van der Waals surface area contributed by atoms with Crippen LogP contribution < -0.4 is 20.9 Å². The minimum Gasteiger partial charge on any atom is -0.385 e. The summed E-state index contributed by atoms with van der Waals surface area (Å²) in [7, 11) is 1.83. The Morgan fingerprint density at radius 3 is 2.71 bits per heavy atom. The predicted molar refractivity (Wildman–Crippen MR) is 126 cm³/mol. The number of hydrogen-bond acceptors (Lipinski definition) is 7. The van der Waals surface area contributed by atoms with E-state index in [-0.39, 0.29) is 5.91 Å². The highest BCUT2D eigenvalue weighted by molar-refractivity contribution is 7.21. The average Bonchev–Trinajstić information content (AvgIpc) is 3.60. The zero-order chi connectivity index (χ0) is 21.2. The molecule has 8 heteroatoms. The van der Waals surface area contributed by atoms with E-state index in [2.05, 4.69) is 50.1 Å². The molecule has 0 radical (unpaired) electrons. The Hall–Kier alpha value is -2.71. The smallest absolute Gasteiger partial charge is 0.263 e. The van der Waals surface area contributed by atoms with Crippen LogP contribution in [-0.4, -0.2) is 55.6 Å². The van der Waals surface area contributed by atoms with Crippen molar-refractivity contribution in [3.8, 4) is 0 Å². The number of nitrogens with zero attached hydrogens (tertiary/aromatic N) is 3. The summed E-state index contributed by atoms with van der Waals surface area (Å²) in [4.78, 5) is 26.1. The number of piperazine rings is 1. The van der Waals surface area contributed by atoms with Crippen molar-refractivity contribution >= 4 is 39.0 Å². The van der Waals surface area contributed by atoms with Gasteiger partial charge in [-0.3, -0.25) is 4.79 Å². The van der Waals surface area contributed by atoms with Gasteiger partial charge in [0, 0.05) is 57.6 Å². The van der Waals surface area contributed by atoms with Crippen LogP contribution in [0.15, 0.2) is 30.5 Å². The highest BCUT2D eigenvalue weighted by atomic mass is 32.1. The van der Waals surface area contributed by atoms with Crippen LogP contribution in [0.4, 0.5) is 11.4 Å². The lowest BCUT2D eigenvalue weighted by molar-refractivity contribution is 0.0959. The van der Waals surface area contributed by atoms with E-state index in [1.807, 2.05) is 13.2 Å². The van der Waals surface area contributed by atoms with Gasteiger partial charge in [-0.2, -0.15) is 0 Å². The molecule has 2 aromatic heterocycles. The Balaban J connectivity index is 1.21. The molecule has 1 aromatic carbocycles. The first-order valence-electron chi connectivity index (χ1n) is 11.0. The molecular weight excluding hydrogens is 408 g/mol. The molecule has 31 heavy (non-hydrogen) atoms. The largest absolute Gasteiger partial charge is 0.385 e. The van der Waals surface area contributed by atoms with E-state index in [4.69, 9.17) is 4.98 Å². The Bertz CT molecular complexity index is 1070. The van der Waals surface area contributed by atoms with Crippen LogP contribution in [0.2, 0.25) is 0 Å². The van der Waals surface area contributed by atoms with Crippen molar-refractivity contribution in [2.75, 3.05) is 50.0 Å². The standard InChI is InChI=1S/C23H28N6OS/c1-24-19-20-23(28-18(14-27-20)16-4-5-16)31-21(19)22(30)26-9-8-15-2-6-17(7-3-15)29-12-10-25-11-13-29/h2-3,6-7,14,16,24-25H,4-5,8-13H2,1H3,(H,26,30). The second-order valence-electron chi connectivity index (χ2n) is 8.19. The predicted octanol–water partition coefficient (Wildman–Crippen LogP) is 2.99. The summed E-state index contributed by atoms with van der Waals surface area (Å²) >= 11 is 1.42. The normalized spacial score (nSPS) is 16.5. The van der Waals surface area contributed by atoms with Gasteiger partial charge in [0.25, 0.3) is 5.91 Å². The van der Waals surface area contributed by atoms with Gasteiger partial charge in [0.1, 0.15) is 15.2 Å². The minimum atomic E-state index is -0.0699. The van der Waals surface area contributed by atoms with Crippen molar-refractivity contribution in [1.29, 1.82) is 0 Å². The number of benzene rings is 1. The molecule has 2 aliphatic rings. The summed E-state index contributed by atoms with van der Waals surface area (Å²) in [5.74, 6) is 0.479. The number of nitrogens with one attached hydrogen (secondary N) is 3. The van der Waals surface area contributed by atoms with Crippen molar-refractivity contribution < 1.29 is 4.79 Å². The number of aromatic nitrogens is 2. The van der Waals surface area contributed by atoms with E-state index in [9.17, 15) is 4.79 Å². The fraction of sp³-hybridized carbons (Fsp3) is 0.435. The average molecular weight is 437 g/mol. The second-order valence-corrected chi connectivity index (χ2v) is 9.19. The van der Waals surface area contributed by atoms with Crippen LogP contribution in [0.25, 0.3) is 10.3 Å². The van der Waals surface area contributed by atoms with E-state index in [0.29, 0.717) is 17.3 Å². The zero-order valence-electron chi connectivity index (χ0n) is 17.8. The quantitative estimate of drug-likeness (QED) is 0.528. The van der Waals surface area contributed by atoms with Crippen LogP contribution in [0.5, 0.6) is 0 Å². The molecule has 7 nitrogen and oxygen atoms in total. The van der Waals surface area contributed by atoms with Gasteiger partial charge in [-0.05, 0) is 37.0 Å².